The van der Waals surface area contributed by atoms with Crippen LogP contribution in [0, 0.1) is 0 Å². The predicted molar refractivity (Wildman–Crippen MR) is 126 cm³/mol. The molecule has 3 aromatic carbocycles. The van der Waals surface area contributed by atoms with Gasteiger partial charge in [0.05, 0.1) is 24.1 Å². The highest BCUT2D eigenvalue weighted by Crippen LogP contribution is 2.33. The molecule has 0 radical (unpaired) electrons. The van der Waals surface area contributed by atoms with Crippen molar-refractivity contribution in [1.82, 2.24) is 4.31 Å². The first-order chi connectivity index (χ1) is 17.4. The van der Waals surface area contributed by atoms with Gasteiger partial charge in [0.25, 0.3) is 0 Å². The zero-order valence-electron chi connectivity index (χ0n) is 19.2. The van der Waals surface area contributed by atoms with Crippen LogP contribution in [0.25, 0.3) is 0 Å². The van der Waals surface area contributed by atoms with Gasteiger partial charge in [0.2, 0.25) is 15.9 Å². The molecule has 3 aromatic rings. The van der Waals surface area contributed by atoms with Crippen LogP contribution in [-0.2, 0) is 21.0 Å². The van der Waals surface area contributed by atoms with E-state index in [-0.39, 0.29) is 27.5 Å². The molecule has 1 N–H and O–H groups in total. The van der Waals surface area contributed by atoms with Crippen molar-refractivity contribution in [3.8, 4) is 5.75 Å². The molecule has 37 heavy (non-hydrogen) atoms. The van der Waals surface area contributed by atoms with Gasteiger partial charge in [-0.2, -0.15) is 17.5 Å². The Balaban J connectivity index is 1.72. The van der Waals surface area contributed by atoms with Crippen LogP contribution in [0.2, 0.25) is 0 Å². The third kappa shape index (κ3) is 5.11. The quantitative estimate of drug-likeness (QED) is 0.382. The highest BCUT2D eigenvalue weighted by atomic mass is 32.2. The first-order valence-corrected chi connectivity index (χ1v) is 12.2. The molecule has 0 saturated carbocycles. The summed E-state index contributed by atoms with van der Waals surface area (Å²) in [6.07, 6.45) is -4.67. The number of methoxy groups -OCH3 is 1. The molecule has 1 amide bonds. The molecule has 8 nitrogen and oxygen atoms in total. The van der Waals surface area contributed by atoms with Gasteiger partial charge in [-0.1, -0.05) is 30.3 Å². The molecule has 0 fully saturated rings. The molecule has 0 bridgehead atoms. The Morgan fingerprint density at radius 2 is 1.70 bits per heavy atom. The van der Waals surface area contributed by atoms with Crippen LogP contribution in [-0.4, -0.2) is 49.9 Å². The fourth-order valence-corrected chi connectivity index (χ4v) is 5.62. The smallest absolute Gasteiger partial charge is 0.416 e. The Bertz CT molecular complexity index is 1500. The van der Waals surface area contributed by atoms with Crippen molar-refractivity contribution in [3.05, 3.63) is 89.5 Å². The van der Waals surface area contributed by atoms with Crippen LogP contribution in [0.5, 0.6) is 5.75 Å². The van der Waals surface area contributed by atoms with Crippen LogP contribution in [0.4, 0.5) is 18.9 Å². The number of anilines is 1. The van der Waals surface area contributed by atoms with E-state index in [1.54, 1.807) is 6.07 Å². The lowest BCUT2D eigenvalue weighted by Gasteiger charge is -2.33. The number of carbonyl (C=O) groups excluding carboxylic acids is 3. The van der Waals surface area contributed by atoms with Gasteiger partial charge in [-0.05, 0) is 42.5 Å². The maximum absolute atomic E-state index is 13.5. The monoisotopic (exact) mass is 532 g/mol. The molecule has 1 aliphatic rings. The standard InChI is InChI=1S/C25H19F3N2O6S/c1-36-18-9-4-6-15(12-18)23(32)22-24(33)19-10-2-3-11-20(19)37(34,35)30(22)14-21(31)29-17-8-5-7-16(13-17)25(26,27)28/h2-13,22H,14H2,1H3,(H,29,31). The summed E-state index contributed by atoms with van der Waals surface area (Å²) in [6, 6.07) is 12.8. The first kappa shape index (κ1) is 26.0. The van der Waals surface area contributed by atoms with Crippen molar-refractivity contribution in [2.24, 2.45) is 0 Å². The van der Waals surface area contributed by atoms with Gasteiger partial charge in [-0.25, -0.2) is 8.42 Å². The summed E-state index contributed by atoms with van der Waals surface area (Å²) < 4.78 is 71.6. The summed E-state index contributed by atoms with van der Waals surface area (Å²) in [5, 5.41) is 2.21. The second-order valence-corrected chi connectivity index (χ2v) is 9.90. The summed E-state index contributed by atoms with van der Waals surface area (Å²) in [7, 11) is -3.17. The fraction of sp³-hybridized carbons (Fsp3) is 0.160. The third-order valence-electron chi connectivity index (χ3n) is 5.65. The highest BCUT2D eigenvalue weighted by molar-refractivity contribution is 7.89. The number of rotatable bonds is 6. The number of halogens is 3. The molecular weight excluding hydrogens is 513 g/mol. The lowest BCUT2D eigenvalue weighted by Crippen LogP contribution is -2.55. The van der Waals surface area contributed by atoms with Crippen LogP contribution >= 0.6 is 0 Å². The van der Waals surface area contributed by atoms with Gasteiger partial charge >= 0.3 is 6.18 Å². The van der Waals surface area contributed by atoms with Gasteiger partial charge in [0, 0.05) is 16.8 Å². The van der Waals surface area contributed by atoms with Crippen molar-refractivity contribution in [2.75, 3.05) is 19.0 Å². The van der Waals surface area contributed by atoms with Gasteiger partial charge in [-0.15, -0.1) is 0 Å². The van der Waals surface area contributed by atoms with Gasteiger partial charge < -0.3 is 10.1 Å². The average Bonchev–Trinajstić information content (AvgIpc) is 2.87. The number of Topliss-reactive ketones (excluding diaryl/α,β-unsaturated/α-hetero) is 2. The Morgan fingerprint density at radius 3 is 2.41 bits per heavy atom. The number of nitrogens with one attached hydrogen (secondary N) is 1. The molecule has 0 spiro atoms. The molecule has 1 unspecified atom stereocenters. The summed E-state index contributed by atoms with van der Waals surface area (Å²) in [5.74, 6) is -2.50. The number of ketones is 2. The number of carbonyl (C=O) groups is 3. The van der Waals surface area contributed by atoms with Crippen LogP contribution in [0.1, 0.15) is 26.3 Å². The zero-order valence-corrected chi connectivity index (χ0v) is 20.0. The maximum Gasteiger partial charge on any atom is 0.416 e. The number of ether oxygens (including phenoxy) is 1. The topological polar surface area (TPSA) is 110 Å². The van der Waals surface area contributed by atoms with Crippen molar-refractivity contribution in [3.63, 3.8) is 0 Å². The van der Waals surface area contributed by atoms with E-state index in [1.165, 1.54) is 55.6 Å². The highest BCUT2D eigenvalue weighted by Gasteiger charge is 2.48. The summed E-state index contributed by atoms with van der Waals surface area (Å²) in [5.41, 5.74) is -1.50. The molecule has 4 rings (SSSR count). The number of benzene rings is 3. The number of hydrogen-bond donors (Lipinski definition) is 1. The molecule has 1 aliphatic heterocycles. The fourth-order valence-electron chi connectivity index (χ4n) is 3.91. The van der Waals surface area contributed by atoms with E-state index < -0.39 is 51.8 Å². The molecule has 1 atom stereocenters. The van der Waals surface area contributed by atoms with E-state index in [0.29, 0.717) is 10.4 Å². The van der Waals surface area contributed by atoms with E-state index in [2.05, 4.69) is 5.32 Å². The van der Waals surface area contributed by atoms with E-state index in [1.807, 2.05) is 0 Å². The molecular formula is C25H19F3N2O6S. The average molecular weight is 532 g/mol. The normalized spacial score (nSPS) is 17.1. The Kier molecular flexibility index (Phi) is 6.89. The third-order valence-corrected chi connectivity index (χ3v) is 7.52. The minimum Gasteiger partial charge on any atom is -0.497 e. The van der Waals surface area contributed by atoms with E-state index >= 15 is 0 Å². The molecule has 0 saturated heterocycles. The van der Waals surface area contributed by atoms with Crippen molar-refractivity contribution in [1.29, 1.82) is 0 Å². The number of sulfonamides is 1. The SMILES string of the molecule is COc1cccc(C(=O)C2C(=O)c3ccccc3S(=O)(=O)N2CC(=O)Nc2cccc(C(F)(F)F)c2)c1. The van der Waals surface area contributed by atoms with Crippen LogP contribution < -0.4 is 10.1 Å². The largest absolute Gasteiger partial charge is 0.497 e. The minimum atomic E-state index is -4.67. The number of alkyl halides is 3. The lowest BCUT2D eigenvalue weighted by atomic mass is 9.95. The predicted octanol–water partition coefficient (Wildman–Crippen LogP) is 3.79. The van der Waals surface area contributed by atoms with Crippen molar-refractivity contribution in [2.45, 2.75) is 17.1 Å². The maximum atomic E-state index is 13.5. The number of amides is 1. The van der Waals surface area contributed by atoms with Gasteiger partial charge in [-0.3, -0.25) is 14.4 Å². The minimum absolute atomic E-state index is 0.0319. The Morgan fingerprint density at radius 1 is 1.00 bits per heavy atom. The summed E-state index contributed by atoms with van der Waals surface area (Å²) in [4.78, 5) is 39.2. The van der Waals surface area contributed by atoms with E-state index in [0.717, 1.165) is 12.1 Å². The first-order valence-electron chi connectivity index (χ1n) is 10.7. The Labute approximate surface area is 209 Å². The van der Waals surface area contributed by atoms with Crippen LogP contribution in [0.15, 0.2) is 77.7 Å². The zero-order chi connectivity index (χ0) is 27.0. The molecule has 12 heteroatoms. The Hall–Kier alpha value is -4.03. The molecule has 1 heterocycles. The number of nitrogens with zero attached hydrogens (tertiary/aromatic N) is 1. The van der Waals surface area contributed by atoms with E-state index in [4.69, 9.17) is 4.74 Å². The molecule has 192 valence electrons. The van der Waals surface area contributed by atoms with Gasteiger partial charge in [0.1, 0.15) is 5.75 Å². The second-order valence-electron chi connectivity index (χ2n) is 8.04. The summed E-state index contributed by atoms with van der Waals surface area (Å²) in [6.45, 7) is -1.00. The van der Waals surface area contributed by atoms with Crippen molar-refractivity contribution < 1.29 is 40.7 Å². The number of hydrogen-bond acceptors (Lipinski definition) is 6. The summed E-state index contributed by atoms with van der Waals surface area (Å²) >= 11 is 0. The lowest BCUT2D eigenvalue weighted by molar-refractivity contribution is -0.137. The molecule has 0 aromatic heterocycles. The second kappa shape index (κ2) is 9.79. The number of fused-ring (bicyclic) bond motifs is 1. The molecule has 0 aliphatic carbocycles. The van der Waals surface area contributed by atoms with Gasteiger partial charge in [0.15, 0.2) is 17.6 Å². The van der Waals surface area contributed by atoms with Crippen molar-refractivity contribution >= 4 is 33.2 Å². The van der Waals surface area contributed by atoms with Crippen LogP contribution in [0.3, 0.4) is 0 Å². The van der Waals surface area contributed by atoms with E-state index in [9.17, 15) is 36.0 Å².